The van der Waals surface area contributed by atoms with Crippen LogP contribution in [0.4, 0.5) is 0 Å². The molecule has 150 valence electrons. The van der Waals surface area contributed by atoms with Gasteiger partial charge < -0.3 is 4.42 Å². The average molecular weight is 395 g/mol. The van der Waals surface area contributed by atoms with Crippen molar-refractivity contribution in [2.45, 2.75) is 41.0 Å². The molecule has 2 aromatic carbocycles. The molecule has 3 heterocycles. The van der Waals surface area contributed by atoms with Crippen LogP contribution in [-0.2, 0) is 6.42 Å². The van der Waals surface area contributed by atoms with Crippen LogP contribution in [0, 0.1) is 19.3 Å². The molecule has 0 saturated carbocycles. The van der Waals surface area contributed by atoms with Crippen LogP contribution in [-0.4, -0.2) is 9.97 Å². The van der Waals surface area contributed by atoms with Gasteiger partial charge >= 0.3 is 0 Å². The molecule has 0 spiro atoms. The maximum absolute atomic E-state index is 6.47. The molecule has 0 saturated heterocycles. The van der Waals surface area contributed by atoms with Crippen molar-refractivity contribution in [1.29, 1.82) is 0 Å². The van der Waals surface area contributed by atoms with Crippen molar-refractivity contribution in [2.75, 3.05) is 0 Å². The van der Waals surface area contributed by atoms with E-state index in [0.29, 0.717) is 0 Å². The zero-order valence-electron chi connectivity index (χ0n) is 18.2. The second kappa shape index (κ2) is 6.66. The highest BCUT2D eigenvalue weighted by Gasteiger charge is 2.18. The quantitative estimate of drug-likeness (QED) is 0.313. The van der Waals surface area contributed by atoms with E-state index in [2.05, 4.69) is 70.2 Å². The van der Waals surface area contributed by atoms with E-state index in [1.54, 1.807) is 0 Å². The molecule has 0 atom stereocenters. The first-order valence-corrected chi connectivity index (χ1v) is 10.5. The zero-order chi connectivity index (χ0) is 21.0. The molecule has 3 aromatic heterocycles. The highest BCUT2D eigenvalue weighted by Crippen LogP contribution is 2.38. The summed E-state index contributed by atoms with van der Waals surface area (Å²) < 4.78 is 6.47. The lowest BCUT2D eigenvalue weighted by Gasteiger charge is -2.20. The molecule has 0 aliphatic heterocycles. The summed E-state index contributed by atoms with van der Waals surface area (Å²) in [5.41, 5.74) is 8.40. The smallest absolute Gasteiger partial charge is 0.161 e. The highest BCUT2D eigenvalue weighted by molar-refractivity contribution is 6.16. The van der Waals surface area contributed by atoms with Gasteiger partial charge in [-0.15, -0.1) is 0 Å². The van der Waals surface area contributed by atoms with Crippen LogP contribution in [0.2, 0.25) is 0 Å². The Labute approximate surface area is 176 Å². The minimum Gasteiger partial charge on any atom is -0.453 e. The predicted molar refractivity (Wildman–Crippen MR) is 125 cm³/mol. The Bertz CT molecular complexity index is 1420. The minimum absolute atomic E-state index is 0.219. The SMILES string of the molecule is Cc1ccc2ccc3c4cccc(-c5cc(CC(C)(C)C)c(C)cn5)c4oc3c2n1. The van der Waals surface area contributed by atoms with Gasteiger partial charge in [0.2, 0.25) is 0 Å². The molecular weight excluding hydrogens is 368 g/mol. The van der Waals surface area contributed by atoms with Gasteiger partial charge in [-0.25, -0.2) is 4.98 Å². The number of benzene rings is 2. The van der Waals surface area contributed by atoms with E-state index in [9.17, 15) is 0 Å². The van der Waals surface area contributed by atoms with Crippen LogP contribution in [0.5, 0.6) is 0 Å². The van der Waals surface area contributed by atoms with E-state index in [-0.39, 0.29) is 5.41 Å². The fourth-order valence-electron chi connectivity index (χ4n) is 4.21. The van der Waals surface area contributed by atoms with Crippen LogP contribution >= 0.6 is 0 Å². The van der Waals surface area contributed by atoms with Crippen molar-refractivity contribution in [3.05, 3.63) is 71.5 Å². The van der Waals surface area contributed by atoms with Crippen molar-refractivity contribution in [3.8, 4) is 11.3 Å². The van der Waals surface area contributed by atoms with E-state index in [1.807, 2.05) is 19.2 Å². The van der Waals surface area contributed by atoms with Crippen molar-refractivity contribution in [2.24, 2.45) is 5.41 Å². The highest BCUT2D eigenvalue weighted by atomic mass is 16.3. The van der Waals surface area contributed by atoms with E-state index in [0.717, 1.165) is 56.2 Å². The van der Waals surface area contributed by atoms with Crippen LogP contribution in [0.1, 0.15) is 37.6 Å². The molecule has 5 rings (SSSR count). The van der Waals surface area contributed by atoms with Gasteiger partial charge in [-0.05, 0) is 61.1 Å². The summed E-state index contributed by atoms with van der Waals surface area (Å²) in [5.74, 6) is 0. The Morgan fingerprint density at radius 1 is 0.900 bits per heavy atom. The summed E-state index contributed by atoms with van der Waals surface area (Å²) in [6.07, 6.45) is 3.00. The van der Waals surface area contributed by atoms with E-state index >= 15 is 0 Å². The van der Waals surface area contributed by atoms with Crippen LogP contribution in [0.25, 0.3) is 44.1 Å². The van der Waals surface area contributed by atoms with E-state index in [1.165, 1.54) is 11.1 Å². The Hall–Kier alpha value is -3.20. The first-order valence-electron chi connectivity index (χ1n) is 10.5. The second-order valence-electron chi connectivity index (χ2n) is 9.48. The topological polar surface area (TPSA) is 38.9 Å². The van der Waals surface area contributed by atoms with Gasteiger partial charge in [-0.3, -0.25) is 4.98 Å². The molecule has 3 heteroatoms. The summed E-state index contributed by atoms with van der Waals surface area (Å²) in [6.45, 7) is 11.0. The normalized spacial score (nSPS) is 12.3. The lowest BCUT2D eigenvalue weighted by atomic mass is 9.86. The lowest BCUT2D eigenvalue weighted by molar-refractivity contribution is 0.410. The number of pyridine rings is 2. The fourth-order valence-corrected chi connectivity index (χ4v) is 4.21. The fraction of sp³-hybridized carbons (Fsp3) is 0.259. The molecule has 0 amide bonds. The van der Waals surface area contributed by atoms with Crippen molar-refractivity contribution in [3.63, 3.8) is 0 Å². The Balaban J connectivity index is 1.76. The molecule has 0 aliphatic rings. The molecular formula is C27H26N2O. The second-order valence-corrected chi connectivity index (χ2v) is 9.48. The maximum Gasteiger partial charge on any atom is 0.161 e. The van der Waals surface area contributed by atoms with Crippen LogP contribution in [0.3, 0.4) is 0 Å². The van der Waals surface area contributed by atoms with Gasteiger partial charge in [0, 0.05) is 33.6 Å². The third-order valence-electron chi connectivity index (χ3n) is 5.68. The summed E-state index contributed by atoms with van der Waals surface area (Å²) in [6, 6.07) is 16.9. The van der Waals surface area contributed by atoms with E-state index in [4.69, 9.17) is 14.4 Å². The molecule has 0 radical (unpaired) electrons. The summed E-state index contributed by atoms with van der Waals surface area (Å²) in [4.78, 5) is 9.52. The van der Waals surface area contributed by atoms with Crippen LogP contribution < -0.4 is 0 Å². The number of aryl methyl sites for hydroxylation is 2. The van der Waals surface area contributed by atoms with Gasteiger partial charge in [-0.1, -0.05) is 45.0 Å². The number of aromatic nitrogens is 2. The number of fused-ring (bicyclic) bond motifs is 5. The Morgan fingerprint density at radius 3 is 2.47 bits per heavy atom. The monoisotopic (exact) mass is 394 g/mol. The van der Waals surface area contributed by atoms with Gasteiger partial charge in [0.15, 0.2) is 5.58 Å². The molecule has 30 heavy (non-hydrogen) atoms. The molecule has 0 fully saturated rings. The van der Waals surface area contributed by atoms with Gasteiger partial charge in [0.05, 0.1) is 5.69 Å². The van der Waals surface area contributed by atoms with Gasteiger partial charge in [0.25, 0.3) is 0 Å². The number of furan rings is 1. The molecule has 0 unspecified atom stereocenters. The predicted octanol–water partition coefficient (Wildman–Crippen LogP) is 7.40. The summed E-state index contributed by atoms with van der Waals surface area (Å²) in [5, 5.41) is 3.29. The molecule has 5 aromatic rings. The Kier molecular flexibility index (Phi) is 4.18. The minimum atomic E-state index is 0.219. The van der Waals surface area contributed by atoms with Gasteiger partial charge in [-0.2, -0.15) is 0 Å². The average Bonchev–Trinajstić information content (AvgIpc) is 3.08. The van der Waals surface area contributed by atoms with Crippen molar-refractivity contribution >= 4 is 32.8 Å². The number of hydrogen-bond acceptors (Lipinski definition) is 3. The Morgan fingerprint density at radius 2 is 1.67 bits per heavy atom. The maximum atomic E-state index is 6.47. The molecule has 0 aliphatic carbocycles. The van der Waals surface area contributed by atoms with Crippen LogP contribution in [0.15, 0.2) is 59.1 Å². The summed E-state index contributed by atoms with van der Waals surface area (Å²) in [7, 11) is 0. The van der Waals surface area contributed by atoms with E-state index < -0.39 is 0 Å². The van der Waals surface area contributed by atoms with Crippen molar-refractivity contribution < 1.29 is 4.42 Å². The number of nitrogens with zero attached hydrogens (tertiary/aromatic N) is 2. The molecule has 0 N–H and O–H groups in total. The lowest BCUT2D eigenvalue weighted by Crippen LogP contribution is -2.10. The largest absolute Gasteiger partial charge is 0.453 e. The first kappa shape index (κ1) is 18.8. The summed E-state index contributed by atoms with van der Waals surface area (Å²) >= 11 is 0. The van der Waals surface area contributed by atoms with Crippen molar-refractivity contribution in [1.82, 2.24) is 9.97 Å². The molecule has 0 bridgehead atoms. The standard InChI is InChI=1S/C27H26N2O/c1-16-15-28-23(13-19(16)14-27(3,4)5)22-8-6-7-20-21-12-11-18-10-9-17(2)29-24(18)26(21)30-25(20)22/h6-13,15H,14H2,1-5H3. The number of rotatable bonds is 2. The molecule has 3 nitrogen and oxygen atoms in total. The number of hydrogen-bond donors (Lipinski definition) is 0. The third-order valence-corrected chi connectivity index (χ3v) is 5.68. The van der Waals surface area contributed by atoms with Gasteiger partial charge in [0.1, 0.15) is 11.1 Å². The third kappa shape index (κ3) is 3.15. The zero-order valence-corrected chi connectivity index (χ0v) is 18.2. The number of para-hydroxylation sites is 1. The first-order chi connectivity index (χ1) is 14.3.